The van der Waals surface area contributed by atoms with Gasteiger partial charge in [-0.05, 0) is 48.6 Å². The van der Waals surface area contributed by atoms with Crippen molar-refractivity contribution in [3.63, 3.8) is 0 Å². The van der Waals surface area contributed by atoms with Crippen molar-refractivity contribution in [2.75, 3.05) is 72.4 Å². The number of hydrogen-bond acceptors (Lipinski definition) is 7. The summed E-state index contributed by atoms with van der Waals surface area (Å²) < 4.78 is 51.7. The minimum Gasteiger partial charge on any atom is -0.506 e. The lowest BCUT2D eigenvalue weighted by atomic mass is 10.00. The van der Waals surface area contributed by atoms with E-state index in [0.29, 0.717) is 44.2 Å². The molecule has 2 aromatic carbocycles. The number of aromatic hydroxyl groups is 1. The number of thioether (sulfide) groups is 1. The lowest BCUT2D eigenvalue weighted by Crippen LogP contribution is -2.57. The number of ether oxygens (including phenoxy) is 2. The number of hydrogen-bond donors (Lipinski definition) is 1. The predicted molar refractivity (Wildman–Crippen MR) is 164 cm³/mol. The number of nitrogens with zero attached hydrogens (tertiary/aromatic N) is 3. The van der Waals surface area contributed by atoms with E-state index >= 15 is 0 Å². The Kier molecular flexibility index (Phi) is 14.5. The zero-order chi connectivity index (χ0) is 28.9. The molecular formula is C28H37Cl3F3N3O4S. The maximum Gasteiger partial charge on any atom is 0.416 e. The molecule has 2 aromatic rings. The Morgan fingerprint density at radius 1 is 1.10 bits per heavy atom. The van der Waals surface area contributed by atoms with Gasteiger partial charge in [-0.15, -0.1) is 36.6 Å². The van der Waals surface area contributed by atoms with E-state index in [1.54, 1.807) is 36.5 Å². The lowest BCUT2D eigenvalue weighted by Gasteiger charge is -2.43. The van der Waals surface area contributed by atoms with Gasteiger partial charge in [0.2, 0.25) is 0 Å². The fourth-order valence-corrected chi connectivity index (χ4v) is 5.85. The average molecular weight is 675 g/mol. The zero-order valence-corrected chi connectivity index (χ0v) is 26.6. The highest BCUT2D eigenvalue weighted by Gasteiger charge is 2.35. The Hall–Kier alpha value is -1.44. The maximum atomic E-state index is 13.7. The number of methoxy groups -OCH3 is 1. The van der Waals surface area contributed by atoms with E-state index in [1.807, 2.05) is 0 Å². The molecule has 0 spiro atoms. The average Bonchev–Trinajstić information content (AvgIpc) is 2.93. The molecule has 42 heavy (non-hydrogen) atoms. The van der Waals surface area contributed by atoms with Gasteiger partial charge in [-0.3, -0.25) is 14.6 Å². The van der Waals surface area contributed by atoms with Crippen LogP contribution in [-0.4, -0.2) is 110 Å². The number of piperazine rings is 1. The third-order valence-electron chi connectivity index (χ3n) is 7.33. The minimum absolute atomic E-state index is 0. The summed E-state index contributed by atoms with van der Waals surface area (Å²) in [5.41, 5.74) is -0.0251. The largest absolute Gasteiger partial charge is 0.506 e. The summed E-state index contributed by atoms with van der Waals surface area (Å²) in [4.78, 5) is 20.4. The van der Waals surface area contributed by atoms with E-state index in [4.69, 9.17) is 21.1 Å². The SMILES string of the molecule is COC[C@@H]1CN(CCN2CCN(C(=O)c3cc(SC)cc(C(F)(F)F)c3)[C@H](Cc3ccc(Cl)c(O)c3)C2)CCO1.Cl.Cl. The second kappa shape index (κ2) is 16.6. The third-order valence-corrected chi connectivity index (χ3v) is 8.36. The van der Waals surface area contributed by atoms with Crippen LogP contribution in [0.3, 0.4) is 0 Å². The van der Waals surface area contributed by atoms with E-state index in [2.05, 4.69) is 9.80 Å². The first kappa shape index (κ1) is 36.8. The van der Waals surface area contributed by atoms with Gasteiger partial charge in [0, 0.05) is 69.4 Å². The summed E-state index contributed by atoms with van der Waals surface area (Å²) in [5, 5.41) is 10.4. The quantitative estimate of drug-likeness (QED) is 0.360. The monoisotopic (exact) mass is 673 g/mol. The van der Waals surface area contributed by atoms with Gasteiger partial charge in [0.1, 0.15) is 5.75 Å². The van der Waals surface area contributed by atoms with Crippen LogP contribution in [0.2, 0.25) is 5.02 Å². The number of alkyl halides is 3. The normalized spacial score (nSPS) is 20.1. The first-order chi connectivity index (χ1) is 19.1. The first-order valence-corrected chi connectivity index (χ1v) is 14.8. The molecule has 2 aliphatic heterocycles. The molecule has 14 heteroatoms. The van der Waals surface area contributed by atoms with Crippen LogP contribution in [0.5, 0.6) is 5.75 Å². The van der Waals surface area contributed by atoms with Crippen LogP contribution in [0.25, 0.3) is 0 Å². The van der Waals surface area contributed by atoms with E-state index in [0.717, 1.165) is 43.9 Å². The molecule has 2 fully saturated rings. The minimum atomic E-state index is -4.55. The molecular weight excluding hydrogens is 638 g/mol. The smallest absolute Gasteiger partial charge is 0.416 e. The van der Waals surface area contributed by atoms with Crippen LogP contribution in [0, 0.1) is 0 Å². The molecule has 0 aliphatic carbocycles. The molecule has 0 bridgehead atoms. The van der Waals surface area contributed by atoms with Crippen molar-refractivity contribution in [1.82, 2.24) is 14.7 Å². The summed E-state index contributed by atoms with van der Waals surface area (Å²) >= 11 is 7.16. The first-order valence-electron chi connectivity index (χ1n) is 13.2. The van der Waals surface area contributed by atoms with Gasteiger partial charge in [-0.25, -0.2) is 0 Å². The number of rotatable bonds is 9. The molecule has 236 valence electrons. The Morgan fingerprint density at radius 2 is 1.81 bits per heavy atom. The van der Waals surface area contributed by atoms with Crippen LogP contribution in [0.4, 0.5) is 13.2 Å². The third kappa shape index (κ3) is 9.79. The summed E-state index contributed by atoms with van der Waals surface area (Å²) in [6, 6.07) is 8.19. The standard InChI is InChI=1S/C28H35ClF3N3O4S.2ClH/c1-38-18-23-17-34(9-10-39-23)6-5-33-7-8-35(22(16-33)11-19-3-4-25(29)26(36)12-19)27(37)20-13-21(28(30,31)32)15-24(14-20)40-2;;/h3-4,12-15,22-23,36H,5-11,16-18H2,1-2H3;2*1H/t22-,23+;;/m1../s1. The highest BCUT2D eigenvalue weighted by Crippen LogP contribution is 2.33. The van der Waals surface area contributed by atoms with Gasteiger partial charge in [0.25, 0.3) is 5.91 Å². The Morgan fingerprint density at radius 3 is 2.45 bits per heavy atom. The van der Waals surface area contributed by atoms with Crippen molar-refractivity contribution in [1.29, 1.82) is 0 Å². The number of amides is 1. The van der Waals surface area contributed by atoms with Crippen LogP contribution in [0.1, 0.15) is 21.5 Å². The topological polar surface area (TPSA) is 65.5 Å². The number of benzene rings is 2. The zero-order valence-electron chi connectivity index (χ0n) is 23.4. The summed E-state index contributed by atoms with van der Waals surface area (Å²) in [5.74, 6) is -0.482. The van der Waals surface area contributed by atoms with Gasteiger partial charge < -0.3 is 19.5 Å². The number of phenolic OH excluding ortho intramolecular Hbond substituents is 1. The van der Waals surface area contributed by atoms with E-state index in [-0.39, 0.29) is 53.3 Å². The van der Waals surface area contributed by atoms with Crippen LogP contribution in [0.15, 0.2) is 41.3 Å². The molecule has 2 atom stereocenters. The lowest BCUT2D eigenvalue weighted by molar-refractivity contribution is -0.137. The van der Waals surface area contributed by atoms with Crippen molar-refractivity contribution in [2.24, 2.45) is 0 Å². The van der Waals surface area contributed by atoms with Gasteiger partial charge in [-0.2, -0.15) is 13.2 Å². The van der Waals surface area contributed by atoms with Crippen molar-refractivity contribution in [3.05, 3.63) is 58.1 Å². The molecule has 7 nitrogen and oxygen atoms in total. The van der Waals surface area contributed by atoms with Gasteiger partial charge in [0.05, 0.1) is 29.9 Å². The highest BCUT2D eigenvalue weighted by molar-refractivity contribution is 7.98. The maximum absolute atomic E-state index is 13.7. The van der Waals surface area contributed by atoms with E-state index < -0.39 is 17.6 Å². The Bertz CT molecular complexity index is 1180. The van der Waals surface area contributed by atoms with Crippen molar-refractivity contribution in [3.8, 4) is 5.75 Å². The van der Waals surface area contributed by atoms with Gasteiger partial charge >= 0.3 is 6.18 Å². The number of phenols is 1. The Labute approximate surface area is 266 Å². The number of carbonyl (C=O) groups excluding carboxylic acids is 1. The second-order valence-electron chi connectivity index (χ2n) is 10.1. The molecule has 0 aromatic heterocycles. The molecule has 1 amide bonds. The predicted octanol–water partition coefficient (Wildman–Crippen LogP) is 5.35. The summed E-state index contributed by atoms with van der Waals surface area (Å²) in [6.07, 6.45) is -2.40. The Balaban J connectivity index is 0.00000308. The van der Waals surface area contributed by atoms with Crippen LogP contribution < -0.4 is 0 Å². The molecule has 2 saturated heterocycles. The second-order valence-corrected chi connectivity index (χ2v) is 11.4. The van der Waals surface area contributed by atoms with E-state index in [1.165, 1.54) is 17.8 Å². The summed E-state index contributed by atoms with van der Waals surface area (Å²) in [7, 11) is 1.66. The highest BCUT2D eigenvalue weighted by atomic mass is 35.5. The molecule has 0 saturated carbocycles. The van der Waals surface area contributed by atoms with Crippen molar-refractivity contribution < 1.29 is 32.5 Å². The molecule has 2 heterocycles. The molecule has 2 aliphatic rings. The van der Waals surface area contributed by atoms with Crippen LogP contribution in [-0.2, 0) is 22.1 Å². The number of morpholine rings is 1. The fraction of sp³-hybridized carbons (Fsp3) is 0.536. The molecule has 1 N–H and O–H groups in total. The van der Waals surface area contributed by atoms with Crippen molar-refractivity contribution >= 4 is 54.1 Å². The molecule has 0 unspecified atom stereocenters. The van der Waals surface area contributed by atoms with E-state index in [9.17, 15) is 23.1 Å². The van der Waals surface area contributed by atoms with Crippen LogP contribution >= 0.6 is 48.2 Å². The number of halogens is 6. The van der Waals surface area contributed by atoms with Crippen molar-refractivity contribution in [2.45, 2.75) is 29.6 Å². The molecule has 4 rings (SSSR count). The fourth-order valence-electron chi connectivity index (χ4n) is 5.25. The van der Waals surface area contributed by atoms with Gasteiger partial charge in [-0.1, -0.05) is 17.7 Å². The van der Waals surface area contributed by atoms with Gasteiger partial charge in [0.15, 0.2) is 0 Å². The number of carbonyl (C=O) groups is 1. The molecule has 0 radical (unpaired) electrons. The summed E-state index contributed by atoms with van der Waals surface area (Å²) in [6.45, 7) is 5.95.